The predicted molar refractivity (Wildman–Crippen MR) is 55.8 cm³/mol. The van der Waals surface area contributed by atoms with Crippen LogP contribution in [0.2, 0.25) is 0 Å². The van der Waals surface area contributed by atoms with Crippen molar-refractivity contribution in [2.24, 2.45) is 0 Å². The Labute approximate surface area is 146 Å². The summed E-state index contributed by atoms with van der Waals surface area (Å²) in [5.41, 5.74) is 0. The zero-order valence-electron chi connectivity index (χ0n) is 4.41. The summed E-state index contributed by atoms with van der Waals surface area (Å²) in [5.74, 6) is 0. The minimum atomic E-state index is -4.67. The third kappa shape index (κ3) is 284. The van der Waals surface area contributed by atoms with E-state index >= 15 is 0 Å². The summed E-state index contributed by atoms with van der Waals surface area (Å²) in [5, 5.41) is 0. The quantitative estimate of drug-likeness (QED) is 0.191. The van der Waals surface area contributed by atoms with Gasteiger partial charge in [0.05, 0.1) is 0 Å². The van der Waals surface area contributed by atoms with Crippen LogP contribution in [0.3, 0.4) is 0 Å². The van der Waals surface area contributed by atoms with Gasteiger partial charge in [-0.2, -0.15) is 8.42 Å². The Kier molecular flexibility index (Phi) is 29.8. The number of rotatable bonds is 0. The molecule has 78 valence electrons. The molecule has 0 aromatic heterocycles. The molecule has 0 aromatic carbocycles. The fourth-order valence-electron chi connectivity index (χ4n) is 0. The predicted octanol–water partition coefficient (Wildman–Crippen LogP) is -6.28. The summed E-state index contributed by atoms with van der Waals surface area (Å²) < 4.78 is 31.6. The molecule has 0 aliphatic carbocycles. The Hall–Kier alpha value is 2.98. The van der Waals surface area contributed by atoms with Crippen LogP contribution in [0.15, 0.2) is 0 Å². The van der Waals surface area contributed by atoms with Gasteiger partial charge in [-0.15, -0.1) is 0 Å². The molecule has 0 saturated heterocycles. The zero-order chi connectivity index (χ0) is 9.00. The van der Waals surface area contributed by atoms with Gasteiger partial charge in [0.15, 0.2) is 17.4 Å². The van der Waals surface area contributed by atoms with Crippen molar-refractivity contribution in [3.8, 4) is 0 Å². The molecular formula is H13AlCa2O8SSi. The van der Waals surface area contributed by atoms with Crippen molar-refractivity contribution < 1.29 is 36.7 Å². The molecule has 0 rings (SSSR count). The van der Waals surface area contributed by atoms with Crippen LogP contribution in [0, 0.1) is 0 Å². The van der Waals surface area contributed by atoms with Crippen molar-refractivity contribution in [2.75, 3.05) is 0 Å². The van der Waals surface area contributed by atoms with Gasteiger partial charge in [0, 0.05) is 0 Å². The SMILES string of the molecule is O=S(=O)(O)O.O[Si](O)(O)O.[AlH3].[CaH2].[CaH2]. The van der Waals surface area contributed by atoms with E-state index in [2.05, 4.69) is 0 Å². The van der Waals surface area contributed by atoms with E-state index in [1.54, 1.807) is 0 Å². The van der Waals surface area contributed by atoms with Crippen LogP contribution in [0.4, 0.5) is 0 Å². The molecule has 0 unspecified atom stereocenters. The van der Waals surface area contributed by atoms with Crippen molar-refractivity contribution in [3.63, 3.8) is 0 Å². The minimum absolute atomic E-state index is 0. The van der Waals surface area contributed by atoms with Gasteiger partial charge in [-0.1, -0.05) is 0 Å². The van der Waals surface area contributed by atoms with Crippen LogP contribution in [-0.4, -0.2) is 139 Å². The van der Waals surface area contributed by atoms with E-state index in [0.29, 0.717) is 0 Å². The Bertz CT molecular complexity index is 157. The first-order valence-corrected chi connectivity index (χ1v) is 4.78. The second kappa shape index (κ2) is 13.0. The standard InChI is InChI=1S/Al.2Ca.H2O4S.H4O4Si.7H/c;;;2*1-5(2,3)4;;;;;;;/h;;;(H2,1,2,3,4);1-4H;;;;;;;. The average molecular weight is 308 g/mol. The summed E-state index contributed by atoms with van der Waals surface area (Å²) in [4.78, 5) is 29.3. The Morgan fingerprint density at radius 1 is 0.846 bits per heavy atom. The van der Waals surface area contributed by atoms with Gasteiger partial charge in [-0.25, -0.2) is 0 Å². The Balaban J connectivity index is -0.0000000267. The van der Waals surface area contributed by atoms with E-state index in [-0.39, 0.29) is 92.8 Å². The van der Waals surface area contributed by atoms with E-state index in [1.165, 1.54) is 0 Å². The summed E-state index contributed by atoms with van der Waals surface area (Å²) in [6.45, 7) is 0. The van der Waals surface area contributed by atoms with Crippen LogP contribution in [-0.2, 0) is 10.4 Å². The first-order chi connectivity index (χ1) is 4.00. The molecule has 0 radical (unpaired) electrons. The maximum absolute atomic E-state index is 8.74. The Morgan fingerprint density at radius 3 is 0.846 bits per heavy atom. The number of hydrogen-bond acceptors (Lipinski definition) is 6. The van der Waals surface area contributed by atoms with Gasteiger partial charge in [-0.3, -0.25) is 9.11 Å². The monoisotopic (exact) mass is 308 g/mol. The molecule has 0 aliphatic heterocycles. The fraction of sp³-hybridized carbons (Fsp3) is 0. The molecule has 8 nitrogen and oxygen atoms in total. The first kappa shape index (κ1) is 29.7. The van der Waals surface area contributed by atoms with E-state index in [4.69, 9.17) is 36.7 Å². The normalized spacial score (nSPS) is 9.08. The van der Waals surface area contributed by atoms with Gasteiger partial charge in [0.25, 0.3) is 0 Å². The van der Waals surface area contributed by atoms with Crippen molar-refractivity contribution >= 4 is 112 Å². The summed E-state index contributed by atoms with van der Waals surface area (Å²) in [6.07, 6.45) is 0. The molecule has 0 amide bonds. The van der Waals surface area contributed by atoms with Crippen LogP contribution in [0.5, 0.6) is 0 Å². The van der Waals surface area contributed by atoms with Crippen molar-refractivity contribution in [1.29, 1.82) is 0 Å². The second-order valence-electron chi connectivity index (χ2n) is 1.05. The summed E-state index contributed by atoms with van der Waals surface area (Å²) >= 11 is 0. The topological polar surface area (TPSA) is 156 Å². The van der Waals surface area contributed by atoms with Crippen LogP contribution >= 0.6 is 0 Å². The van der Waals surface area contributed by atoms with E-state index < -0.39 is 19.4 Å². The Morgan fingerprint density at radius 2 is 0.846 bits per heavy atom. The van der Waals surface area contributed by atoms with Crippen LogP contribution in [0.1, 0.15) is 0 Å². The van der Waals surface area contributed by atoms with Gasteiger partial charge >= 0.3 is 94.9 Å². The molecule has 0 saturated carbocycles. The maximum atomic E-state index is 8.74. The van der Waals surface area contributed by atoms with Crippen molar-refractivity contribution in [1.82, 2.24) is 0 Å². The van der Waals surface area contributed by atoms with Crippen LogP contribution < -0.4 is 0 Å². The molecule has 0 heterocycles. The van der Waals surface area contributed by atoms with Crippen LogP contribution in [0.25, 0.3) is 0 Å². The summed E-state index contributed by atoms with van der Waals surface area (Å²) in [7, 11) is -9.28. The third-order valence-corrected chi connectivity index (χ3v) is 0. The molecule has 0 aliphatic rings. The molecule has 13 heavy (non-hydrogen) atoms. The van der Waals surface area contributed by atoms with Gasteiger partial charge in [-0.05, 0) is 0 Å². The summed E-state index contributed by atoms with van der Waals surface area (Å²) in [6, 6.07) is 0. The third-order valence-electron chi connectivity index (χ3n) is 0. The average Bonchev–Trinajstić information content (AvgIpc) is 1.12. The molecule has 13 heteroatoms. The molecule has 0 spiro atoms. The molecule has 0 fully saturated rings. The molecule has 0 bridgehead atoms. The fourth-order valence-corrected chi connectivity index (χ4v) is 0. The van der Waals surface area contributed by atoms with E-state index in [0.717, 1.165) is 0 Å². The first-order valence-electron chi connectivity index (χ1n) is 1.59. The van der Waals surface area contributed by atoms with Gasteiger partial charge in [0.1, 0.15) is 0 Å². The van der Waals surface area contributed by atoms with E-state index in [9.17, 15) is 0 Å². The molecule has 0 aromatic rings. The second-order valence-corrected chi connectivity index (χ2v) is 3.14. The number of hydrogen-bond donors (Lipinski definition) is 6. The molecule has 6 N–H and O–H groups in total. The molecule has 0 atom stereocenters. The van der Waals surface area contributed by atoms with E-state index in [1.807, 2.05) is 0 Å². The van der Waals surface area contributed by atoms with Crippen molar-refractivity contribution in [3.05, 3.63) is 0 Å². The molecular weight excluding hydrogens is 295 g/mol. The van der Waals surface area contributed by atoms with Gasteiger partial charge in [0.2, 0.25) is 0 Å². The van der Waals surface area contributed by atoms with Gasteiger partial charge < -0.3 is 19.2 Å². The zero-order valence-corrected chi connectivity index (χ0v) is 6.22. The van der Waals surface area contributed by atoms with Crippen molar-refractivity contribution in [2.45, 2.75) is 0 Å².